The number of aliphatic imine (C=N–C) groups is 1. The molecular weight excluding hydrogens is 751 g/mol. The molecule has 3 heteroatoms. The summed E-state index contributed by atoms with van der Waals surface area (Å²) in [5.74, 6) is 0. The van der Waals surface area contributed by atoms with Crippen LogP contribution in [-0.4, -0.2) is 10.3 Å². The first kappa shape index (κ1) is 36.1. The van der Waals surface area contributed by atoms with E-state index in [1.807, 2.05) is 0 Å². The van der Waals surface area contributed by atoms with Crippen LogP contribution in [-0.2, 0) is 5.41 Å². The van der Waals surface area contributed by atoms with Gasteiger partial charge in [-0.05, 0) is 103 Å². The summed E-state index contributed by atoms with van der Waals surface area (Å²) in [4.78, 5) is 5.37. The zero-order valence-corrected chi connectivity index (χ0v) is 34.7. The molecule has 2 heterocycles. The molecule has 0 radical (unpaired) electrons. The molecule has 0 saturated heterocycles. The number of rotatable bonds is 6. The number of benzene rings is 9. The maximum absolute atomic E-state index is 5.37. The molecule has 0 spiro atoms. The summed E-state index contributed by atoms with van der Waals surface area (Å²) in [6.07, 6.45) is 2.02. The molecule has 1 atom stereocenters. The lowest BCUT2D eigenvalue weighted by Crippen LogP contribution is -2.25. The van der Waals surface area contributed by atoms with E-state index in [0.29, 0.717) is 0 Å². The van der Waals surface area contributed by atoms with Crippen molar-refractivity contribution in [1.82, 2.24) is 9.88 Å². The van der Waals surface area contributed by atoms with Crippen molar-refractivity contribution < 1.29 is 0 Å². The standard InChI is InChI=1S/C59H43N3/c1-59(2)52-23-13-11-21-47(52)48-31-29-42(36-53(48)59)54-37-55(61-58(60-54)40-15-5-3-6-16-40)49-33-32-44(45-19-9-10-20-46(45)49)39-27-25-38(26-28-39)41-30-34-57-51(35-41)50-22-12-14-24-56(50)62(57)43-17-7-4-8-18-43/h3-37,58,61H,1-2H3. The Hall–Kier alpha value is -7.75. The van der Waals surface area contributed by atoms with Gasteiger partial charge in [-0.3, -0.25) is 4.99 Å². The van der Waals surface area contributed by atoms with Gasteiger partial charge < -0.3 is 9.88 Å². The van der Waals surface area contributed by atoms with Gasteiger partial charge in [0.25, 0.3) is 0 Å². The molecule has 10 aromatic rings. The number of nitrogens with one attached hydrogen (secondary N) is 1. The second kappa shape index (κ2) is 14.2. The highest BCUT2D eigenvalue weighted by Gasteiger charge is 2.35. The summed E-state index contributed by atoms with van der Waals surface area (Å²) in [7, 11) is 0. The third-order valence-electron chi connectivity index (χ3n) is 13.3. The lowest BCUT2D eigenvalue weighted by Gasteiger charge is -2.27. The fourth-order valence-electron chi connectivity index (χ4n) is 10.1. The predicted octanol–water partition coefficient (Wildman–Crippen LogP) is 14.7. The second-order valence-electron chi connectivity index (χ2n) is 17.2. The number of fused-ring (bicyclic) bond motifs is 7. The zero-order valence-electron chi connectivity index (χ0n) is 34.7. The summed E-state index contributed by atoms with van der Waals surface area (Å²) >= 11 is 0. The van der Waals surface area contributed by atoms with Crippen LogP contribution in [0.25, 0.3) is 77.3 Å². The number of nitrogens with zero attached hydrogens (tertiary/aromatic N) is 2. The second-order valence-corrected chi connectivity index (χ2v) is 17.2. The highest BCUT2D eigenvalue weighted by atomic mass is 15.1. The Morgan fingerprint density at radius 1 is 0.435 bits per heavy atom. The normalized spacial score (nSPS) is 15.2. The number of para-hydroxylation sites is 2. The van der Waals surface area contributed by atoms with Gasteiger partial charge in [-0.1, -0.05) is 184 Å². The highest BCUT2D eigenvalue weighted by molar-refractivity contribution is 6.15. The van der Waals surface area contributed by atoms with Crippen LogP contribution >= 0.6 is 0 Å². The molecule has 3 nitrogen and oxygen atoms in total. The summed E-state index contributed by atoms with van der Waals surface area (Å²) in [6.45, 7) is 4.68. The number of allylic oxidation sites excluding steroid dienone is 1. The van der Waals surface area contributed by atoms with Crippen LogP contribution in [0.4, 0.5) is 0 Å². The van der Waals surface area contributed by atoms with E-state index in [-0.39, 0.29) is 11.6 Å². The first-order chi connectivity index (χ1) is 30.5. The van der Waals surface area contributed by atoms with Gasteiger partial charge in [0.2, 0.25) is 0 Å². The minimum Gasteiger partial charge on any atom is -0.359 e. The molecule has 1 aromatic heterocycles. The fourth-order valence-corrected chi connectivity index (χ4v) is 10.1. The van der Waals surface area contributed by atoms with E-state index in [4.69, 9.17) is 4.99 Å². The molecule has 1 N–H and O–H groups in total. The van der Waals surface area contributed by atoms with E-state index < -0.39 is 0 Å². The maximum atomic E-state index is 5.37. The van der Waals surface area contributed by atoms with Gasteiger partial charge in [-0.2, -0.15) is 0 Å². The van der Waals surface area contributed by atoms with Gasteiger partial charge in [0.05, 0.1) is 16.7 Å². The van der Waals surface area contributed by atoms with Crippen LogP contribution in [0.3, 0.4) is 0 Å². The Balaban J connectivity index is 0.917. The third-order valence-corrected chi connectivity index (χ3v) is 13.3. The van der Waals surface area contributed by atoms with Crippen LogP contribution < -0.4 is 5.32 Å². The van der Waals surface area contributed by atoms with Crippen molar-refractivity contribution in [1.29, 1.82) is 0 Å². The molecule has 12 rings (SSSR count). The molecule has 9 aromatic carbocycles. The molecule has 1 unspecified atom stereocenters. The Kier molecular flexibility index (Phi) is 8.26. The molecule has 1 aliphatic heterocycles. The van der Waals surface area contributed by atoms with E-state index in [1.165, 1.54) is 82.8 Å². The highest BCUT2D eigenvalue weighted by Crippen LogP contribution is 2.49. The zero-order chi connectivity index (χ0) is 41.4. The van der Waals surface area contributed by atoms with Crippen LogP contribution in [0.1, 0.15) is 47.8 Å². The van der Waals surface area contributed by atoms with Crippen LogP contribution in [0.5, 0.6) is 0 Å². The summed E-state index contributed by atoms with van der Waals surface area (Å²) < 4.78 is 2.37. The first-order valence-electron chi connectivity index (χ1n) is 21.6. The van der Waals surface area contributed by atoms with E-state index in [9.17, 15) is 0 Å². The Morgan fingerprint density at radius 3 is 1.82 bits per heavy atom. The summed E-state index contributed by atoms with van der Waals surface area (Å²) in [6, 6.07) is 75.1. The van der Waals surface area contributed by atoms with Crippen LogP contribution in [0.15, 0.2) is 217 Å². The van der Waals surface area contributed by atoms with E-state index in [1.54, 1.807) is 0 Å². The predicted molar refractivity (Wildman–Crippen MR) is 260 cm³/mol. The smallest absolute Gasteiger partial charge is 0.145 e. The Labute approximate surface area is 362 Å². The summed E-state index contributed by atoms with van der Waals surface area (Å²) in [5.41, 5.74) is 19.1. The summed E-state index contributed by atoms with van der Waals surface area (Å²) in [5, 5.41) is 8.78. The minimum atomic E-state index is -0.232. The molecule has 2 aliphatic rings. The van der Waals surface area contributed by atoms with Gasteiger partial charge in [0.15, 0.2) is 0 Å². The Morgan fingerprint density at radius 2 is 1.02 bits per heavy atom. The fraction of sp³-hybridized carbons (Fsp3) is 0.0678. The molecule has 62 heavy (non-hydrogen) atoms. The van der Waals surface area contributed by atoms with Crippen molar-refractivity contribution in [2.24, 2.45) is 4.99 Å². The SMILES string of the molecule is CC1(C)c2ccccc2-c2ccc(C3=NC(c4ccccc4)NC(c4ccc(-c5ccc(-c6ccc7c(c6)c6ccccc6n7-c6ccccc6)cc5)c5ccccc45)=C3)cc21. The van der Waals surface area contributed by atoms with Crippen LogP contribution in [0, 0.1) is 0 Å². The maximum Gasteiger partial charge on any atom is 0.145 e. The topological polar surface area (TPSA) is 29.3 Å². The number of aromatic nitrogens is 1. The third kappa shape index (κ3) is 5.77. The van der Waals surface area contributed by atoms with Crippen molar-refractivity contribution in [2.45, 2.75) is 25.4 Å². The van der Waals surface area contributed by atoms with Crippen LogP contribution in [0.2, 0.25) is 0 Å². The quantitative estimate of drug-likeness (QED) is 0.178. The lowest BCUT2D eigenvalue weighted by molar-refractivity contribution is 0.659. The van der Waals surface area contributed by atoms with Crippen molar-refractivity contribution >= 4 is 44.0 Å². The van der Waals surface area contributed by atoms with Gasteiger partial charge in [-0.25, -0.2) is 0 Å². The molecular formula is C59H43N3. The molecule has 0 fully saturated rings. The van der Waals surface area contributed by atoms with Gasteiger partial charge >= 0.3 is 0 Å². The lowest BCUT2D eigenvalue weighted by atomic mass is 9.81. The van der Waals surface area contributed by atoms with Crippen molar-refractivity contribution in [3.63, 3.8) is 0 Å². The van der Waals surface area contributed by atoms with Gasteiger partial charge in [0, 0.05) is 38.7 Å². The van der Waals surface area contributed by atoms with E-state index in [2.05, 4.69) is 236 Å². The van der Waals surface area contributed by atoms with Gasteiger partial charge in [-0.15, -0.1) is 0 Å². The first-order valence-corrected chi connectivity index (χ1v) is 21.6. The average Bonchev–Trinajstić information content (AvgIpc) is 3.79. The number of hydrogen-bond donors (Lipinski definition) is 1. The van der Waals surface area contributed by atoms with Crippen molar-refractivity contribution in [2.75, 3.05) is 0 Å². The molecule has 1 aliphatic carbocycles. The van der Waals surface area contributed by atoms with E-state index >= 15 is 0 Å². The molecule has 0 saturated carbocycles. The molecule has 294 valence electrons. The number of hydrogen-bond acceptors (Lipinski definition) is 2. The minimum absolute atomic E-state index is 0.0944. The van der Waals surface area contributed by atoms with Gasteiger partial charge in [0.1, 0.15) is 6.17 Å². The molecule has 0 amide bonds. The van der Waals surface area contributed by atoms with Crippen molar-refractivity contribution in [3.05, 3.63) is 240 Å². The molecule has 0 bridgehead atoms. The average molecular weight is 794 g/mol. The Bertz CT molecular complexity index is 3440. The monoisotopic (exact) mass is 793 g/mol. The van der Waals surface area contributed by atoms with E-state index in [0.717, 1.165) is 28.1 Å². The largest absolute Gasteiger partial charge is 0.359 e. The van der Waals surface area contributed by atoms with Crippen molar-refractivity contribution in [3.8, 4) is 39.1 Å².